The van der Waals surface area contributed by atoms with Gasteiger partial charge in [0.1, 0.15) is 12.4 Å². The lowest BCUT2D eigenvalue weighted by Crippen LogP contribution is -2.34. The highest BCUT2D eigenvalue weighted by atomic mass is 35.5. The molecule has 3 rings (SSSR count). The van der Waals surface area contributed by atoms with Crippen LogP contribution in [-0.2, 0) is 11.4 Å². The number of aryl methyl sites for hydroxylation is 1. The van der Waals surface area contributed by atoms with Gasteiger partial charge in [0.05, 0.1) is 5.25 Å². The minimum Gasteiger partial charge on any atom is -0.486 e. The molecular weight excluding hydrogens is 360 g/mol. The summed E-state index contributed by atoms with van der Waals surface area (Å²) in [7, 11) is 0. The number of thioether (sulfide) groups is 1. The number of benzene rings is 1. The Balaban J connectivity index is 1.53. The largest absolute Gasteiger partial charge is 0.486 e. The average Bonchev–Trinajstić information content (AvgIpc) is 3.27. The number of nitrogens with zero attached hydrogens (tertiary/aromatic N) is 3. The number of aromatic amines is 1. The summed E-state index contributed by atoms with van der Waals surface area (Å²) in [6.07, 6.45) is 2.19. The number of aromatic nitrogens is 3. The van der Waals surface area contributed by atoms with Crippen LogP contribution in [0.1, 0.15) is 31.2 Å². The number of H-pyrrole nitrogens is 1. The fourth-order valence-electron chi connectivity index (χ4n) is 2.66. The number of hydrogen-bond acceptors (Lipinski definition) is 5. The zero-order chi connectivity index (χ0) is 17.8. The third-order valence-corrected chi connectivity index (χ3v) is 5.44. The number of amides is 1. The van der Waals surface area contributed by atoms with E-state index in [0.29, 0.717) is 16.0 Å². The Labute approximate surface area is 156 Å². The zero-order valence-electron chi connectivity index (χ0n) is 14.3. The van der Waals surface area contributed by atoms with Crippen LogP contribution in [0.2, 0.25) is 5.02 Å². The van der Waals surface area contributed by atoms with E-state index in [1.165, 1.54) is 11.8 Å². The molecule has 0 radical (unpaired) electrons. The highest BCUT2D eigenvalue weighted by Crippen LogP contribution is 2.24. The van der Waals surface area contributed by atoms with Gasteiger partial charge in [0.15, 0.2) is 5.82 Å². The summed E-state index contributed by atoms with van der Waals surface area (Å²) >= 11 is 7.37. The van der Waals surface area contributed by atoms with Gasteiger partial charge in [-0.25, -0.2) is 4.98 Å². The van der Waals surface area contributed by atoms with E-state index in [9.17, 15) is 4.79 Å². The second-order valence-electron chi connectivity index (χ2n) is 6.06. The molecule has 2 heterocycles. The van der Waals surface area contributed by atoms with Crippen LogP contribution in [0.15, 0.2) is 23.4 Å². The van der Waals surface area contributed by atoms with Gasteiger partial charge in [-0.15, -0.1) is 5.10 Å². The van der Waals surface area contributed by atoms with Crippen LogP contribution in [0.4, 0.5) is 0 Å². The molecule has 1 amide bonds. The lowest BCUT2D eigenvalue weighted by atomic mass is 10.2. The minimum atomic E-state index is -0.193. The summed E-state index contributed by atoms with van der Waals surface area (Å²) in [6, 6.07) is 5.50. The van der Waals surface area contributed by atoms with Crippen LogP contribution >= 0.6 is 23.4 Å². The molecule has 0 spiro atoms. The molecule has 1 fully saturated rings. The molecule has 6 nitrogen and oxygen atoms in total. The molecule has 8 heteroatoms. The van der Waals surface area contributed by atoms with Crippen molar-refractivity contribution in [2.75, 3.05) is 13.1 Å². The minimum absolute atomic E-state index is 0.154. The quantitative estimate of drug-likeness (QED) is 0.777. The first-order valence-corrected chi connectivity index (χ1v) is 9.54. The SMILES string of the molecule is Cc1cc(OCc2nc(S[C@H](C)C(=O)N3CCCC3)n[nH]2)ccc1Cl. The van der Waals surface area contributed by atoms with Gasteiger partial charge in [-0.05, 0) is 50.5 Å². The van der Waals surface area contributed by atoms with Crippen molar-refractivity contribution in [3.05, 3.63) is 34.6 Å². The average molecular weight is 381 g/mol. The van der Waals surface area contributed by atoms with Crippen LogP contribution in [0.3, 0.4) is 0 Å². The van der Waals surface area contributed by atoms with E-state index in [-0.39, 0.29) is 17.8 Å². The van der Waals surface area contributed by atoms with Crippen LogP contribution in [0.5, 0.6) is 5.75 Å². The van der Waals surface area contributed by atoms with Crippen molar-refractivity contribution in [1.29, 1.82) is 0 Å². The van der Waals surface area contributed by atoms with Crippen molar-refractivity contribution in [3.8, 4) is 5.75 Å². The third-order valence-electron chi connectivity index (χ3n) is 4.06. The standard InChI is InChI=1S/C17H21ClN4O2S/c1-11-9-13(5-6-14(11)18)24-10-15-19-17(21-20-15)25-12(2)16(23)22-7-3-4-8-22/h5-6,9,12H,3-4,7-8,10H2,1-2H3,(H,19,20,21)/t12-/m1/s1. The molecule has 134 valence electrons. The van der Waals surface area contributed by atoms with Crippen LogP contribution in [0.25, 0.3) is 0 Å². The Kier molecular flexibility index (Phi) is 5.86. The van der Waals surface area contributed by atoms with E-state index in [0.717, 1.165) is 37.2 Å². The highest BCUT2D eigenvalue weighted by molar-refractivity contribution is 8.00. The number of nitrogens with one attached hydrogen (secondary N) is 1. The third kappa shape index (κ3) is 4.67. The molecule has 1 aromatic heterocycles. The van der Waals surface area contributed by atoms with Gasteiger partial charge < -0.3 is 9.64 Å². The van der Waals surface area contributed by atoms with Gasteiger partial charge in [-0.2, -0.15) is 0 Å². The molecule has 0 bridgehead atoms. The highest BCUT2D eigenvalue weighted by Gasteiger charge is 2.25. The van der Waals surface area contributed by atoms with Gasteiger partial charge in [-0.1, -0.05) is 23.4 Å². The molecule has 1 saturated heterocycles. The first kappa shape index (κ1) is 18.1. The smallest absolute Gasteiger partial charge is 0.235 e. The maximum Gasteiger partial charge on any atom is 0.235 e. The van der Waals surface area contributed by atoms with Crippen molar-refractivity contribution < 1.29 is 9.53 Å². The maximum atomic E-state index is 12.3. The van der Waals surface area contributed by atoms with Gasteiger partial charge in [0.2, 0.25) is 11.1 Å². The number of likely N-dealkylation sites (tertiary alicyclic amines) is 1. The van der Waals surface area contributed by atoms with E-state index in [1.807, 2.05) is 30.9 Å². The van der Waals surface area contributed by atoms with Gasteiger partial charge >= 0.3 is 0 Å². The number of ether oxygens (including phenoxy) is 1. The van der Waals surface area contributed by atoms with E-state index in [1.54, 1.807) is 6.07 Å². The van der Waals surface area contributed by atoms with Crippen molar-refractivity contribution in [2.45, 2.75) is 43.7 Å². The number of carbonyl (C=O) groups is 1. The molecule has 25 heavy (non-hydrogen) atoms. The molecule has 1 atom stereocenters. The Morgan fingerprint density at radius 1 is 1.44 bits per heavy atom. The monoisotopic (exact) mass is 380 g/mol. The number of rotatable bonds is 6. The molecule has 1 aliphatic heterocycles. The first-order chi connectivity index (χ1) is 12.0. The molecule has 2 aromatic rings. The molecule has 0 aliphatic carbocycles. The Bertz CT molecular complexity index is 746. The van der Waals surface area contributed by atoms with Crippen LogP contribution < -0.4 is 4.74 Å². The van der Waals surface area contributed by atoms with Crippen molar-refractivity contribution in [1.82, 2.24) is 20.1 Å². The molecule has 1 aliphatic rings. The predicted octanol–water partition coefficient (Wildman–Crippen LogP) is 3.45. The number of halogens is 1. The Hall–Kier alpha value is -1.73. The predicted molar refractivity (Wildman–Crippen MR) is 98.0 cm³/mol. The zero-order valence-corrected chi connectivity index (χ0v) is 15.9. The fourth-order valence-corrected chi connectivity index (χ4v) is 3.60. The lowest BCUT2D eigenvalue weighted by Gasteiger charge is -2.18. The summed E-state index contributed by atoms with van der Waals surface area (Å²) < 4.78 is 5.70. The van der Waals surface area contributed by atoms with E-state index >= 15 is 0 Å². The van der Waals surface area contributed by atoms with Gasteiger partial charge in [0.25, 0.3) is 0 Å². The summed E-state index contributed by atoms with van der Waals surface area (Å²) in [5.74, 6) is 1.50. The first-order valence-electron chi connectivity index (χ1n) is 8.28. The summed E-state index contributed by atoms with van der Waals surface area (Å²) in [4.78, 5) is 18.6. The molecule has 1 aromatic carbocycles. The van der Waals surface area contributed by atoms with Crippen LogP contribution in [0, 0.1) is 6.92 Å². The lowest BCUT2D eigenvalue weighted by molar-refractivity contribution is -0.129. The molecule has 0 saturated carbocycles. The van der Waals surface area contributed by atoms with Gasteiger partial charge in [-0.3, -0.25) is 9.89 Å². The van der Waals surface area contributed by atoms with Crippen LogP contribution in [-0.4, -0.2) is 44.3 Å². The second kappa shape index (κ2) is 8.10. The van der Waals surface area contributed by atoms with Crippen molar-refractivity contribution in [3.63, 3.8) is 0 Å². The number of hydrogen-bond donors (Lipinski definition) is 1. The fraction of sp³-hybridized carbons (Fsp3) is 0.471. The maximum absolute atomic E-state index is 12.3. The Morgan fingerprint density at radius 3 is 2.92 bits per heavy atom. The molecular formula is C17H21ClN4O2S. The molecule has 1 N–H and O–H groups in total. The van der Waals surface area contributed by atoms with E-state index in [4.69, 9.17) is 16.3 Å². The van der Waals surface area contributed by atoms with E-state index in [2.05, 4.69) is 15.2 Å². The van der Waals surface area contributed by atoms with E-state index < -0.39 is 0 Å². The summed E-state index contributed by atoms with van der Waals surface area (Å²) in [5, 5.41) is 8.10. The Morgan fingerprint density at radius 2 is 2.20 bits per heavy atom. The number of carbonyl (C=O) groups excluding carboxylic acids is 1. The normalized spacial score (nSPS) is 15.4. The van der Waals surface area contributed by atoms with Crippen molar-refractivity contribution >= 4 is 29.3 Å². The summed E-state index contributed by atoms with van der Waals surface area (Å²) in [6.45, 7) is 5.82. The topological polar surface area (TPSA) is 71.1 Å². The summed E-state index contributed by atoms with van der Waals surface area (Å²) in [5.41, 5.74) is 0.960. The van der Waals surface area contributed by atoms with Gasteiger partial charge in [0, 0.05) is 18.1 Å². The molecule has 0 unspecified atom stereocenters. The second-order valence-corrected chi connectivity index (χ2v) is 7.77. The van der Waals surface area contributed by atoms with Crippen molar-refractivity contribution in [2.24, 2.45) is 0 Å².